The van der Waals surface area contributed by atoms with Gasteiger partial charge in [-0.3, -0.25) is 4.99 Å². The van der Waals surface area contributed by atoms with Gasteiger partial charge in [0.1, 0.15) is 0 Å². The van der Waals surface area contributed by atoms with Crippen LogP contribution in [0.25, 0.3) is 0 Å². The van der Waals surface area contributed by atoms with E-state index in [0.717, 1.165) is 37.4 Å². The summed E-state index contributed by atoms with van der Waals surface area (Å²) in [6.07, 6.45) is 7.96. The molecule has 3 nitrogen and oxygen atoms in total. The van der Waals surface area contributed by atoms with Gasteiger partial charge in [-0.05, 0) is 43.1 Å². The van der Waals surface area contributed by atoms with E-state index in [4.69, 9.17) is 0 Å². The molecule has 23 heavy (non-hydrogen) atoms. The maximum atomic E-state index is 4.47. The van der Waals surface area contributed by atoms with Crippen molar-refractivity contribution in [2.75, 3.05) is 26.7 Å². The highest BCUT2D eigenvalue weighted by atomic mass is 127. The zero-order valence-corrected chi connectivity index (χ0v) is 16.5. The van der Waals surface area contributed by atoms with Gasteiger partial charge in [0.05, 0.1) is 0 Å². The van der Waals surface area contributed by atoms with Crippen molar-refractivity contribution in [3.05, 3.63) is 35.9 Å². The molecule has 2 fully saturated rings. The van der Waals surface area contributed by atoms with Crippen molar-refractivity contribution in [3.8, 4) is 0 Å². The molecule has 0 amide bonds. The summed E-state index contributed by atoms with van der Waals surface area (Å²) in [5.74, 6) is 2.92. The lowest BCUT2D eigenvalue weighted by Crippen LogP contribution is -2.46. The van der Waals surface area contributed by atoms with Crippen LogP contribution in [0.5, 0.6) is 0 Å². The van der Waals surface area contributed by atoms with Gasteiger partial charge in [0.2, 0.25) is 0 Å². The summed E-state index contributed by atoms with van der Waals surface area (Å²) in [5, 5.41) is 3.55. The second-order valence-corrected chi connectivity index (χ2v) is 6.83. The van der Waals surface area contributed by atoms with E-state index in [1.54, 1.807) is 0 Å². The van der Waals surface area contributed by atoms with Crippen molar-refractivity contribution in [3.63, 3.8) is 0 Å². The largest absolute Gasteiger partial charge is 0.356 e. The Kier molecular flexibility index (Phi) is 7.66. The van der Waals surface area contributed by atoms with Gasteiger partial charge in [0.25, 0.3) is 0 Å². The summed E-state index contributed by atoms with van der Waals surface area (Å²) < 4.78 is 0. The van der Waals surface area contributed by atoms with E-state index in [9.17, 15) is 0 Å². The van der Waals surface area contributed by atoms with Crippen LogP contribution in [0.15, 0.2) is 35.3 Å². The van der Waals surface area contributed by atoms with Crippen LogP contribution in [0.2, 0.25) is 0 Å². The van der Waals surface area contributed by atoms with E-state index in [-0.39, 0.29) is 24.0 Å². The molecule has 1 N–H and O–H groups in total. The monoisotopic (exact) mass is 427 g/mol. The molecular formula is C19H30IN3. The van der Waals surface area contributed by atoms with Crippen molar-refractivity contribution in [2.24, 2.45) is 16.8 Å². The van der Waals surface area contributed by atoms with E-state index in [1.165, 1.54) is 44.1 Å². The molecule has 0 bridgehead atoms. The predicted molar refractivity (Wildman–Crippen MR) is 109 cm³/mol. The number of piperidine rings is 1. The molecule has 1 aliphatic heterocycles. The Morgan fingerprint density at radius 2 is 1.78 bits per heavy atom. The van der Waals surface area contributed by atoms with Crippen LogP contribution in [-0.2, 0) is 6.42 Å². The van der Waals surface area contributed by atoms with Crippen molar-refractivity contribution >= 4 is 29.9 Å². The molecule has 128 valence electrons. The molecule has 0 atom stereocenters. The van der Waals surface area contributed by atoms with Crippen molar-refractivity contribution in [1.29, 1.82) is 0 Å². The van der Waals surface area contributed by atoms with Gasteiger partial charge in [0, 0.05) is 26.7 Å². The molecule has 0 radical (unpaired) electrons. The van der Waals surface area contributed by atoms with Gasteiger partial charge >= 0.3 is 0 Å². The first-order valence-electron chi connectivity index (χ1n) is 8.84. The fourth-order valence-electron chi connectivity index (χ4n) is 3.42. The van der Waals surface area contributed by atoms with Gasteiger partial charge in [-0.25, -0.2) is 0 Å². The number of benzene rings is 1. The Balaban J connectivity index is 0.00000192. The molecule has 1 saturated heterocycles. The summed E-state index contributed by atoms with van der Waals surface area (Å²) in [5.41, 5.74) is 1.48. The van der Waals surface area contributed by atoms with Gasteiger partial charge in [-0.2, -0.15) is 0 Å². The zero-order chi connectivity index (χ0) is 15.2. The molecule has 0 unspecified atom stereocenters. The van der Waals surface area contributed by atoms with E-state index >= 15 is 0 Å². The second-order valence-electron chi connectivity index (χ2n) is 6.83. The number of aliphatic imine (C=N–C) groups is 1. The quantitative estimate of drug-likeness (QED) is 0.438. The van der Waals surface area contributed by atoms with Crippen molar-refractivity contribution in [2.45, 2.75) is 38.5 Å². The molecule has 0 spiro atoms. The molecule has 3 rings (SSSR count). The van der Waals surface area contributed by atoms with Crippen molar-refractivity contribution < 1.29 is 0 Å². The van der Waals surface area contributed by atoms with Gasteiger partial charge in [-0.1, -0.05) is 43.2 Å². The maximum Gasteiger partial charge on any atom is 0.193 e. The molecule has 0 aromatic heterocycles. The lowest BCUT2D eigenvalue weighted by molar-refractivity contribution is 0.259. The zero-order valence-electron chi connectivity index (χ0n) is 14.2. The molecule has 1 aliphatic carbocycles. The average Bonchev–Trinajstić information content (AvgIpc) is 3.38. The van der Waals surface area contributed by atoms with E-state index in [2.05, 4.69) is 45.5 Å². The predicted octanol–water partition coefficient (Wildman–Crippen LogP) is 3.93. The molecule has 1 aromatic carbocycles. The number of guanidine groups is 1. The topological polar surface area (TPSA) is 27.6 Å². The summed E-state index contributed by atoms with van der Waals surface area (Å²) >= 11 is 0. The first kappa shape index (κ1) is 18.6. The minimum Gasteiger partial charge on any atom is -0.356 e. The highest BCUT2D eigenvalue weighted by Crippen LogP contribution is 2.31. The summed E-state index contributed by atoms with van der Waals surface area (Å²) in [4.78, 5) is 6.91. The summed E-state index contributed by atoms with van der Waals surface area (Å²) in [6.45, 7) is 3.36. The minimum absolute atomic E-state index is 0. The van der Waals surface area contributed by atoms with Crippen LogP contribution in [0.4, 0.5) is 0 Å². The first-order chi connectivity index (χ1) is 10.8. The van der Waals surface area contributed by atoms with Crippen molar-refractivity contribution in [1.82, 2.24) is 10.2 Å². The molecule has 4 heteroatoms. The van der Waals surface area contributed by atoms with E-state index in [0.29, 0.717) is 0 Å². The third-order valence-corrected chi connectivity index (χ3v) is 5.03. The molecular weight excluding hydrogens is 397 g/mol. The van der Waals surface area contributed by atoms with Crippen LogP contribution in [0.1, 0.15) is 37.7 Å². The maximum absolute atomic E-state index is 4.47. The lowest BCUT2D eigenvalue weighted by atomic mass is 9.90. The molecule has 1 aromatic rings. The molecule has 2 aliphatic rings. The number of likely N-dealkylation sites (tertiary alicyclic amines) is 1. The van der Waals surface area contributed by atoms with Crippen LogP contribution in [-0.4, -0.2) is 37.5 Å². The molecule has 1 saturated carbocycles. The normalized spacial score (nSPS) is 19.3. The standard InChI is InChI=1S/C19H29N3.HI/c1-20-19(21-12-9-16-7-8-16)22-13-10-18(11-14-22)15-17-5-3-2-4-6-17;/h2-6,16,18H,7-15H2,1H3,(H,20,21);1H. The van der Waals surface area contributed by atoms with Crippen LogP contribution in [0, 0.1) is 11.8 Å². The average molecular weight is 427 g/mol. The lowest BCUT2D eigenvalue weighted by Gasteiger charge is -2.34. The van der Waals surface area contributed by atoms with E-state index < -0.39 is 0 Å². The second kappa shape index (κ2) is 9.50. The van der Waals surface area contributed by atoms with Gasteiger partial charge in [-0.15, -0.1) is 24.0 Å². The highest BCUT2D eigenvalue weighted by Gasteiger charge is 2.23. The summed E-state index contributed by atoms with van der Waals surface area (Å²) in [6, 6.07) is 10.9. The Labute approximate surface area is 158 Å². The van der Waals surface area contributed by atoms with E-state index in [1.807, 2.05) is 7.05 Å². The number of hydrogen-bond acceptors (Lipinski definition) is 1. The third-order valence-electron chi connectivity index (χ3n) is 5.03. The number of nitrogens with zero attached hydrogens (tertiary/aromatic N) is 2. The fraction of sp³-hybridized carbons (Fsp3) is 0.632. The first-order valence-corrected chi connectivity index (χ1v) is 8.84. The van der Waals surface area contributed by atoms with Gasteiger partial charge in [0.15, 0.2) is 5.96 Å². The molecule has 1 heterocycles. The van der Waals surface area contributed by atoms with Crippen LogP contribution >= 0.6 is 24.0 Å². The van der Waals surface area contributed by atoms with Crippen LogP contribution < -0.4 is 5.32 Å². The van der Waals surface area contributed by atoms with Gasteiger partial charge < -0.3 is 10.2 Å². The Hall–Kier alpha value is -0.780. The number of nitrogens with one attached hydrogen (secondary N) is 1. The number of rotatable bonds is 5. The minimum atomic E-state index is 0. The highest BCUT2D eigenvalue weighted by molar-refractivity contribution is 14.0. The smallest absolute Gasteiger partial charge is 0.193 e. The Morgan fingerprint density at radius 1 is 1.09 bits per heavy atom. The SMILES string of the molecule is CN=C(NCCC1CC1)N1CCC(Cc2ccccc2)CC1.I. The number of halogens is 1. The number of hydrogen-bond donors (Lipinski definition) is 1. The third kappa shape index (κ3) is 5.98. The Bertz CT molecular complexity index is 477. The Morgan fingerprint density at radius 3 is 2.39 bits per heavy atom. The van der Waals surface area contributed by atoms with Crippen LogP contribution in [0.3, 0.4) is 0 Å². The fourth-order valence-corrected chi connectivity index (χ4v) is 3.42. The summed E-state index contributed by atoms with van der Waals surface area (Å²) in [7, 11) is 1.91.